The summed E-state index contributed by atoms with van der Waals surface area (Å²) in [5.74, 6) is 0.339. The molecule has 3 nitrogen and oxygen atoms in total. The Kier molecular flexibility index (Phi) is 5.17. The average molecular weight is 329 g/mol. The van der Waals surface area contributed by atoms with Crippen molar-refractivity contribution in [1.29, 1.82) is 0 Å². The van der Waals surface area contributed by atoms with E-state index in [4.69, 9.17) is 10.2 Å². The molecule has 0 atom stereocenters. The summed E-state index contributed by atoms with van der Waals surface area (Å²) in [6.07, 6.45) is 0. The van der Waals surface area contributed by atoms with Gasteiger partial charge in [-0.2, -0.15) is 0 Å². The molecule has 0 fully saturated rings. The predicted octanol–water partition coefficient (Wildman–Crippen LogP) is 5.68. The molecule has 124 valence electrons. The Balaban J connectivity index is 0.000000192. The van der Waals surface area contributed by atoms with E-state index in [0.717, 1.165) is 11.4 Å². The van der Waals surface area contributed by atoms with Gasteiger partial charge in [-0.3, -0.25) is 0 Å². The Morgan fingerprint density at radius 1 is 0.480 bits per heavy atom. The first-order valence-corrected chi connectivity index (χ1v) is 7.99. The molecule has 0 saturated carbocycles. The molecule has 0 aromatic heterocycles. The lowest BCUT2D eigenvalue weighted by Crippen LogP contribution is -1.89. The molecule has 0 radical (unpaired) electrons. The van der Waals surface area contributed by atoms with Crippen molar-refractivity contribution in [2.75, 3.05) is 5.32 Å². The monoisotopic (exact) mass is 329 g/mol. The zero-order valence-electron chi connectivity index (χ0n) is 13.6. The van der Waals surface area contributed by atoms with Gasteiger partial charge >= 0.3 is 0 Å². The lowest BCUT2D eigenvalue weighted by molar-refractivity contribution is 0.460. The van der Waals surface area contributed by atoms with Crippen LogP contribution in [-0.2, 0) is 0 Å². The Morgan fingerprint density at radius 3 is 1.68 bits per heavy atom. The maximum absolute atomic E-state index is 8.65. The number of aromatic hydroxyl groups is 2. The van der Waals surface area contributed by atoms with Gasteiger partial charge in [-0.05, 0) is 59.3 Å². The standard InChI is InChI=1S/C16H13N.C6H6O2/c1-2-8-15(9-3-1)17-16-11-10-13-6-4-5-7-14(13)12-16;7-5-1-2-6(8)4-3-5/h1-12,17H;1-4,7-8H. The number of benzene rings is 4. The van der Waals surface area contributed by atoms with Crippen LogP contribution in [0.4, 0.5) is 11.4 Å². The van der Waals surface area contributed by atoms with Gasteiger partial charge < -0.3 is 15.5 Å². The van der Waals surface area contributed by atoms with E-state index in [1.54, 1.807) is 0 Å². The number of phenolic OH excluding ortho intramolecular Hbond substituents is 2. The summed E-state index contributed by atoms with van der Waals surface area (Å²) >= 11 is 0. The lowest BCUT2D eigenvalue weighted by atomic mass is 10.1. The van der Waals surface area contributed by atoms with E-state index in [9.17, 15) is 0 Å². The molecule has 0 amide bonds. The highest BCUT2D eigenvalue weighted by molar-refractivity contribution is 5.86. The van der Waals surface area contributed by atoms with Crippen molar-refractivity contribution in [2.24, 2.45) is 0 Å². The Bertz CT molecular complexity index is 914. The highest BCUT2D eigenvalue weighted by atomic mass is 16.3. The fourth-order valence-corrected chi connectivity index (χ4v) is 2.41. The predicted molar refractivity (Wildman–Crippen MR) is 103 cm³/mol. The van der Waals surface area contributed by atoms with Crippen molar-refractivity contribution in [2.45, 2.75) is 0 Å². The van der Waals surface area contributed by atoms with Crippen molar-refractivity contribution in [1.82, 2.24) is 0 Å². The number of para-hydroxylation sites is 1. The number of nitrogens with one attached hydrogen (secondary N) is 1. The van der Waals surface area contributed by atoms with Crippen LogP contribution in [0.3, 0.4) is 0 Å². The summed E-state index contributed by atoms with van der Waals surface area (Å²) in [5.41, 5.74) is 2.23. The second-order valence-corrected chi connectivity index (χ2v) is 5.57. The largest absolute Gasteiger partial charge is 0.508 e. The van der Waals surface area contributed by atoms with Crippen LogP contribution < -0.4 is 5.32 Å². The third-order valence-corrected chi connectivity index (χ3v) is 3.66. The third-order valence-electron chi connectivity index (χ3n) is 3.66. The summed E-state index contributed by atoms with van der Waals surface area (Å²) < 4.78 is 0. The van der Waals surface area contributed by atoms with Crippen LogP contribution in [0.1, 0.15) is 0 Å². The summed E-state index contributed by atoms with van der Waals surface area (Å²) in [7, 11) is 0. The highest BCUT2D eigenvalue weighted by Crippen LogP contribution is 2.21. The van der Waals surface area contributed by atoms with Crippen LogP contribution in [0.2, 0.25) is 0 Å². The van der Waals surface area contributed by atoms with Crippen LogP contribution in [0.25, 0.3) is 10.8 Å². The molecule has 3 N–H and O–H groups in total. The van der Waals surface area contributed by atoms with Gasteiger partial charge in [0.1, 0.15) is 11.5 Å². The van der Waals surface area contributed by atoms with Crippen LogP contribution in [0, 0.1) is 0 Å². The van der Waals surface area contributed by atoms with Crippen molar-refractivity contribution >= 4 is 22.1 Å². The molecule has 4 rings (SSSR count). The van der Waals surface area contributed by atoms with Gasteiger partial charge in [0.05, 0.1) is 0 Å². The molecule has 0 unspecified atom stereocenters. The highest BCUT2D eigenvalue weighted by Gasteiger charge is 1.96. The Morgan fingerprint density at radius 2 is 1.04 bits per heavy atom. The number of anilines is 2. The van der Waals surface area contributed by atoms with Crippen molar-refractivity contribution in [3.63, 3.8) is 0 Å². The minimum Gasteiger partial charge on any atom is -0.508 e. The molecular weight excluding hydrogens is 310 g/mol. The smallest absolute Gasteiger partial charge is 0.115 e. The van der Waals surface area contributed by atoms with Gasteiger partial charge in [0, 0.05) is 11.4 Å². The van der Waals surface area contributed by atoms with E-state index >= 15 is 0 Å². The number of hydrogen-bond donors (Lipinski definition) is 3. The maximum atomic E-state index is 8.65. The van der Waals surface area contributed by atoms with Gasteiger partial charge in [-0.15, -0.1) is 0 Å². The van der Waals surface area contributed by atoms with Crippen LogP contribution in [0.15, 0.2) is 97.1 Å². The molecule has 0 aliphatic heterocycles. The molecule has 0 heterocycles. The van der Waals surface area contributed by atoms with Crippen LogP contribution in [0.5, 0.6) is 11.5 Å². The number of hydrogen-bond acceptors (Lipinski definition) is 3. The second kappa shape index (κ2) is 7.88. The Hall–Kier alpha value is -3.46. The molecule has 0 aliphatic rings. The topological polar surface area (TPSA) is 52.5 Å². The molecule has 4 aromatic carbocycles. The zero-order valence-corrected chi connectivity index (χ0v) is 13.6. The van der Waals surface area contributed by atoms with E-state index in [-0.39, 0.29) is 11.5 Å². The SMILES string of the molecule is Oc1ccc(O)cc1.c1ccc(Nc2ccc3ccccc3c2)cc1. The van der Waals surface area contributed by atoms with E-state index in [0.29, 0.717) is 0 Å². The van der Waals surface area contributed by atoms with E-state index < -0.39 is 0 Å². The number of rotatable bonds is 2. The molecule has 0 aliphatic carbocycles. The van der Waals surface area contributed by atoms with Crippen LogP contribution >= 0.6 is 0 Å². The summed E-state index contributed by atoms with van der Waals surface area (Å²) in [4.78, 5) is 0. The van der Waals surface area contributed by atoms with Gasteiger partial charge in [0.2, 0.25) is 0 Å². The number of phenols is 2. The Labute approximate surface area is 146 Å². The van der Waals surface area contributed by atoms with Crippen molar-refractivity contribution in [3.8, 4) is 11.5 Å². The molecule has 0 spiro atoms. The molecule has 0 bridgehead atoms. The third kappa shape index (κ3) is 4.75. The van der Waals surface area contributed by atoms with Crippen molar-refractivity contribution < 1.29 is 10.2 Å². The average Bonchev–Trinajstić information content (AvgIpc) is 2.65. The molecule has 25 heavy (non-hydrogen) atoms. The zero-order chi connectivity index (χ0) is 17.5. The normalized spacial score (nSPS) is 9.92. The molecule has 3 heteroatoms. The van der Waals surface area contributed by atoms with Gasteiger partial charge in [0.15, 0.2) is 0 Å². The van der Waals surface area contributed by atoms with Crippen molar-refractivity contribution in [3.05, 3.63) is 97.1 Å². The fourth-order valence-electron chi connectivity index (χ4n) is 2.41. The van der Waals surface area contributed by atoms with Crippen LogP contribution in [-0.4, -0.2) is 10.2 Å². The first kappa shape index (κ1) is 16.4. The maximum Gasteiger partial charge on any atom is 0.115 e. The van der Waals surface area contributed by atoms with Gasteiger partial charge in [-0.1, -0.05) is 48.5 Å². The summed E-state index contributed by atoms with van der Waals surface area (Å²) in [6, 6.07) is 30.7. The van der Waals surface area contributed by atoms with Gasteiger partial charge in [-0.25, -0.2) is 0 Å². The summed E-state index contributed by atoms with van der Waals surface area (Å²) in [6.45, 7) is 0. The van der Waals surface area contributed by atoms with Gasteiger partial charge in [0.25, 0.3) is 0 Å². The second-order valence-electron chi connectivity index (χ2n) is 5.57. The summed E-state index contributed by atoms with van der Waals surface area (Å²) in [5, 5.41) is 23.2. The molecule has 0 saturated heterocycles. The number of fused-ring (bicyclic) bond motifs is 1. The molecule has 4 aromatic rings. The quantitative estimate of drug-likeness (QED) is 0.415. The minimum atomic E-state index is 0.169. The van der Waals surface area contributed by atoms with E-state index in [1.165, 1.54) is 35.0 Å². The molecular formula is C22H19NO2. The first-order chi connectivity index (χ1) is 12.2. The minimum absolute atomic E-state index is 0.169. The van der Waals surface area contributed by atoms with E-state index in [2.05, 4.69) is 59.9 Å². The van der Waals surface area contributed by atoms with E-state index in [1.807, 2.05) is 18.2 Å². The first-order valence-electron chi connectivity index (χ1n) is 7.99. The lowest BCUT2D eigenvalue weighted by Gasteiger charge is -2.07. The fraction of sp³-hybridized carbons (Fsp3) is 0.